The van der Waals surface area contributed by atoms with Crippen LogP contribution in [0.5, 0.6) is 0 Å². The maximum absolute atomic E-state index is 4.42. The van der Waals surface area contributed by atoms with Crippen LogP contribution in [0, 0.1) is 0 Å². The van der Waals surface area contributed by atoms with Gasteiger partial charge in [-0.05, 0) is 41.9 Å². The van der Waals surface area contributed by atoms with E-state index in [0.717, 1.165) is 23.3 Å². The predicted molar refractivity (Wildman–Crippen MR) is 73.8 cm³/mol. The van der Waals surface area contributed by atoms with E-state index in [4.69, 9.17) is 0 Å². The molecular weight excluding hydrogens is 284 g/mol. The van der Waals surface area contributed by atoms with Gasteiger partial charge in [-0.3, -0.25) is 9.88 Å². The molecule has 0 aromatic carbocycles. The Morgan fingerprint density at radius 3 is 2.94 bits per heavy atom. The van der Waals surface area contributed by atoms with Crippen molar-refractivity contribution in [3.63, 3.8) is 0 Å². The number of hydrogen-bond acceptors (Lipinski definition) is 3. The molecule has 1 fully saturated rings. The zero-order valence-electron chi connectivity index (χ0n) is 9.74. The quantitative estimate of drug-likeness (QED) is 0.834. The van der Waals surface area contributed by atoms with Crippen LogP contribution in [0.2, 0.25) is 0 Å². The Balaban J connectivity index is 1.97. The fraction of sp³-hybridized carbons (Fsp3) is 0.583. The molecule has 2 heterocycles. The molecule has 1 aromatic rings. The lowest BCUT2D eigenvalue weighted by atomic mass is 10.2. The van der Waals surface area contributed by atoms with Gasteiger partial charge in [0.2, 0.25) is 0 Å². The number of hydrogen-bond donors (Lipinski definition) is 0. The number of pyridine rings is 1. The fourth-order valence-electron chi connectivity index (χ4n) is 1.98. The maximum atomic E-state index is 4.42. The molecule has 16 heavy (non-hydrogen) atoms. The number of nitrogens with zero attached hydrogens (tertiary/aromatic N) is 2. The molecule has 2 rings (SSSR count). The van der Waals surface area contributed by atoms with Crippen molar-refractivity contribution in [3.8, 4) is 0 Å². The van der Waals surface area contributed by atoms with Crippen molar-refractivity contribution in [2.45, 2.75) is 25.1 Å². The Hall–Kier alpha value is -0.0600. The zero-order chi connectivity index (χ0) is 11.6. The van der Waals surface area contributed by atoms with Crippen molar-refractivity contribution in [2.24, 2.45) is 0 Å². The van der Waals surface area contributed by atoms with Gasteiger partial charge in [-0.2, -0.15) is 11.8 Å². The molecule has 0 bridgehead atoms. The monoisotopic (exact) mass is 300 g/mol. The Morgan fingerprint density at radius 1 is 1.50 bits per heavy atom. The van der Waals surface area contributed by atoms with E-state index >= 15 is 0 Å². The summed E-state index contributed by atoms with van der Waals surface area (Å²) >= 11 is 5.48. The fourth-order valence-corrected chi connectivity index (χ4v) is 3.39. The van der Waals surface area contributed by atoms with Crippen molar-refractivity contribution in [1.82, 2.24) is 9.88 Å². The third-order valence-electron chi connectivity index (χ3n) is 2.68. The van der Waals surface area contributed by atoms with Gasteiger partial charge in [-0.15, -0.1) is 0 Å². The van der Waals surface area contributed by atoms with Crippen LogP contribution in [0.25, 0.3) is 0 Å². The highest BCUT2D eigenvalue weighted by Crippen LogP contribution is 2.29. The van der Waals surface area contributed by atoms with Crippen LogP contribution in [0.4, 0.5) is 0 Å². The van der Waals surface area contributed by atoms with Gasteiger partial charge in [-0.25, -0.2) is 0 Å². The number of halogens is 1. The highest BCUT2D eigenvalue weighted by atomic mass is 79.9. The Morgan fingerprint density at radius 2 is 2.31 bits per heavy atom. The summed E-state index contributed by atoms with van der Waals surface area (Å²) in [6.07, 6.45) is 1.87. The molecule has 0 unspecified atom stereocenters. The molecule has 0 amide bonds. The average Bonchev–Trinajstić information content (AvgIpc) is 2.20. The van der Waals surface area contributed by atoms with Crippen molar-refractivity contribution >= 4 is 27.7 Å². The molecule has 1 saturated heterocycles. The standard InChI is InChI=1S/C12H17BrN2S/c1-12(2)9-15(5-6-16-12)8-11-4-3-10(13)7-14-11/h3-4,7H,5-6,8-9H2,1-2H3. The van der Waals surface area contributed by atoms with E-state index in [1.54, 1.807) is 0 Å². The van der Waals surface area contributed by atoms with Gasteiger partial charge in [0.15, 0.2) is 0 Å². The lowest BCUT2D eigenvalue weighted by molar-refractivity contribution is 0.250. The number of thioether (sulfide) groups is 1. The van der Waals surface area contributed by atoms with E-state index in [2.05, 4.69) is 63.6 Å². The highest BCUT2D eigenvalue weighted by Gasteiger charge is 2.26. The second kappa shape index (κ2) is 5.07. The van der Waals surface area contributed by atoms with Crippen LogP contribution in [0.1, 0.15) is 19.5 Å². The minimum Gasteiger partial charge on any atom is -0.295 e. The first kappa shape index (κ1) is 12.4. The summed E-state index contributed by atoms with van der Waals surface area (Å²) in [6.45, 7) is 7.93. The summed E-state index contributed by atoms with van der Waals surface area (Å²) in [5.74, 6) is 1.23. The topological polar surface area (TPSA) is 16.1 Å². The van der Waals surface area contributed by atoms with Gasteiger partial charge in [0, 0.05) is 40.8 Å². The third kappa shape index (κ3) is 3.47. The second-order valence-corrected chi connectivity index (χ2v) is 7.50. The van der Waals surface area contributed by atoms with Crippen molar-refractivity contribution in [3.05, 3.63) is 28.5 Å². The highest BCUT2D eigenvalue weighted by molar-refractivity contribution is 9.10. The van der Waals surface area contributed by atoms with E-state index in [9.17, 15) is 0 Å². The zero-order valence-corrected chi connectivity index (χ0v) is 12.1. The van der Waals surface area contributed by atoms with E-state index in [1.807, 2.05) is 6.20 Å². The van der Waals surface area contributed by atoms with Crippen LogP contribution in [0.3, 0.4) is 0 Å². The van der Waals surface area contributed by atoms with E-state index < -0.39 is 0 Å². The molecule has 1 aliphatic heterocycles. The molecule has 0 atom stereocenters. The minimum absolute atomic E-state index is 0.383. The normalized spacial score (nSPS) is 20.9. The molecule has 1 aliphatic rings. The summed E-state index contributed by atoms with van der Waals surface area (Å²) in [7, 11) is 0. The summed E-state index contributed by atoms with van der Waals surface area (Å²) < 4.78 is 1.43. The summed E-state index contributed by atoms with van der Waals surface area (Å²) in [4.78, 5) is 6.92. The Labute approximate surface area is 110 Å². The summed E-state index contributed by atoms with van der Waals surface area (Å²) in [5.41, 5.74) is 1.16. The van der Waals surface area contributed by atoms with Crippen LogP contribution in [-0.2, 0) is 6.54 Å². The second-order valence-electron chi connectivity index (χ2n) is 4.79. The number of rotatable bonds is 2. The van der Waals surface area contributed by atoms with Crippen LogP contribution in [0.15, 0.2) is 22.8 Å². The van der Waals surface area contributed by atoms with Crippen molar-refractivity contribution in [2.75, 3.05) is 18.8 Å². The average molecular weight is 301 g/mol. The lowest BCUT2D eigenvalue weighted by Crippen LogP contribution is -2.42. The van der Waals surface area contributed by atoms with E-state index in [1.165, 1.54) is 12.3 Å². The molecule has 0 N–H and O–H groups in total. The first-order valence-electron chi connectivity index (χ1n) is 5.52. The summed E-state index contributed by atoms with van der Waals surface area (Å²) in [6, 6.07) is 4.16. The van der Waals surface area contributed by atoms with Crippen molar-refractivity contribution < 1.29 is 0 Å². The minimum atomic E-state index is 0.383. The smallest absolute Gasteiger partial charge is 0.0544 e. The molecule has 4 heteroatoms. The van der Waals surface area contributed by atoms with Crippen molar-refractivity contribution in [1.29, 1.82) is 0 Å². The lowest BCUT2D eigenvalue weighted by Gasteiger charge is -2.37. The van der Waals surface area contributed by atoms with Gasteiger partial charge in [-0.1, -0.05) is 0 Å². The largest absolute Gasteiger partial charge is 0.295 e. The van der Waals surface area contributed by atoms with E-state index in [0.29, 0.717) is 4.75 Å². The SMILES string of the molecule is CC1(C)CN(Cc2ccc(Br)cn2)CCS1. The third-order valence-corrected chi connectivity index (χ3v) is 4.45. The molecule has 1 aromatic heterocycles. The molecule has 2 nitrogen and oxygen atoms in total. The Bertz CT molecular complexity index is 351. The van der Waals surface area contributed by atoms with Crippen LogP contribution >= 0.6 is 27.7 Å². The molecule has 0 saturated carbocycles. The predicted octanol–water partition coefficient (Wildman–Crippen LogP) is 3.17. The van der Waals surface area contributed by atoms with Gasteiger partial charge in [0.25, 0.3) is 0 Å². The first-order chi connectivity index (χ1) is 7.55. The number of aromatic nitrogens is 1. The van der Waals surface area contributed by atoms with Crippen LogP contribution < -0.4 is 0 Å². The molecule has 88 valence electrons. The molecule has 0 aliphatic carbocycles. The van der Waals surface area contributed by atoms with Gasteiger partial charge >= 0.3 is 0 Å². The summed E-state index contributed by atoms with van der Waals surface area (Å²) in [5, 5.41) is 0. The Kier molecular flexibility index (Phi) is 3.93. The molecular formula is C12H17BrN2S. The first-order valence-corrected chi connectivity index (χ1v) is 7.30. The van der Waals surface area contributed by atoms with Gasteiger partial charge < -0.3 is 0 Å². The van der Waals surface area contributed by atoms with Gasteiger partial charge in [0.05, 0.1) is 5.69 Å². The van der Waals surface area contributed by atoms with Crippen LogP contribution in [-0.4, -0.2) is 33.5 Å². The molecule has 0 spiro atoms. The maximum Gasteiger partial charge on any atom is 0.0544 e. The van der Waals surface area contributed by atoms with Gasteiger partial charge in [0.1, 0.15) is 0 Å². The van der Waals surface area contributed by atoms with E-state index in [-0.39, 0.29) is 0 Å². The molecule has 0 radical (unpaired) electrons.